The van der Waals surface area contributed by atoms with E-state index in [1.807, 2.05) is 6.07 Å². The summed E-state index contributed by atoms with van der Waals surface area (Å²) in [5.74, 6) is -1.18. The molecule has 0 aliphatic carbocycles. The molecule has 1 fully saturated rings. The van der Waals surface area contributed by atoms with Crippen LogP contribution in [-0.4, -0.2) is 42.3 Å². The van der Waals surface area contributed by atoms with Crippen LogP contribution in [0, 0.1) is 0 Å². The number of esters is 1. The van der Waals surface area contributed by atoms with E-state index in [1.54, 1.807) is 46.7 Å². The Hall–Kier alpha value is -2.67. The molecule has 2 aromatic rings. The largest absolute Gasteiger partial charge is 0.446 e. The third kappa shape index (κ3) is 5.17. The summed E-state index contributed by atoms with van der Waals surface area (Å²) in [5.41, 5.74) is 0.631. The number of hydrogen-bond donors (Lipinski definition) is 1. The summed E-state index contributed by atoms with van der Waals surface area (Å²) in [7, 11) is 0. The van der Waals surface area contributed by atoms with Gasteiger partial charge in [0.25, 0.3) is 11.8 Å². The molecule has 6 nitrogen and oxygen atoms in total. The molecule has 7 heteroatoms. The van der Waals surface area contributed by atoms with Gasteiger partial charge < -0.3 is 15.0 Å². The van der Waals surface area contributed by atoms with Crippen molar-refractivity contribution in [2.75, 3.05) is 19.6 Å². The number of piperidine rings is 1. The van der Waals surface area contributed by atoms with Gasteiger partial charge in [-0.2, -0.15) is 0 Å². The van der Waals surface area contributed by atoms with Crippen LogP contribution in [0.2, 0.25) is 0 Å². The highest BCUT2D eigenvalue weighted by molar-refractivity contribution is 7.12. The number of thiophene rings is 1. The Morgan fingerprint density at radius 1 is 1.04 bits per heavy atom. The van der Waals surface area contributed by atoms with Gasteiger partial charge in [0, 0.05) is 18.7 Å². The highest BCUT2D eigenvalue weighted by Gasteiger charge is 2.30. The first-order valence-corrected chi connectivity index (χ1v) is 9.88. The number of hydrogen-bond acceptors (Lipinski definition) is 5. The zero-order valence-corrected chi connectivity index (χ0v) is 15.7. The number of benzene rings is 1. The molecule has 2 amide bonds. The van der Waals surface area contributed by atoms with Crippen LogP contribution in [0.15, 0.2) is 47.8 Å². The summed E-state index contributed by atoms with van der Waals surface area (Å²) in [5, 5.41) is 4.32. The van der Waals surface area contributed by atoms with Crippen molar-refractivity contribution in [2.45, 2.75) is 25.4 Å². The topological polar surface area (TPSA) is 75.7 Å². The van der Waals surface area contributed by atoms with E-state index in [2.05, 4.69) is 5.32 Å². The van der Waals surface area contributed by atoms with E-state index in [9.17, 15) is 14.4 Å². The van der Waals surface area contributed by atoms with Gasteiger partial charge in [0.15, 0.2) is 0 Å². The number of carbonyl (C=O) groups is 3. The molecule has 2 heterocycles. The highest BCUT2D eigenvalue weighted by Crippen LogP contribution is 2.22. The quantitative estimate of drug-likeness (QED) is 0.775. The number of nitrogens with one attached hydrogen (secondary N) is 1. The molecule has 1 aromatic carbocycles. The van der Waals surface area contributed by atoms with Crippen molar-refractivity contribution in [3.63, 3.8) is 0 Å². The molecule has 1 aromatic heterocycles. The van der Waals surface area contributed by atoms with Crippen molar-refractivity contribution in [1.82, 2.24) is 10.2 Å². The molecule has 0 spiro atoms. The number of ether oxygens (including phenoxy) is 1. The van der Waals surface area contributed by atoms with Crippen LogP contribution in [-0.2, 0) is 14.3 Å². The first-order valence-electron chi connectivity index (χ1n) is 9.00. The Labute approximate surface area is 162 Å². The molecular weight excluding hydrogens is 364 g/mol. The summed E-state index contributed by atoms with van der Waals surface area (Å²) in [6.07, 6.45) is 2.03. The van der Waals surface area contributed by atoms with Crippen LogP contribution in [0.3, 0.4) is 0 Å². The summed E-state index contributed by atoms with van der Waals surface area (Å²) in [4.78, 5) is 39.4. The Morgan fingerprint density at radius 3 is 2.44 bits per heavy atom. The third-order valence-electron chi connectivity index (χ3n) is 4.38. The lowest BCUT2D eigenvalue weighted by Crippen LogP contribution is -2.41. The zero-order chi connectivity index (χ0) is 19.1. The SMILES string of the molecule is O=C(CNC(=O)c1cccs1)O[C@@H](C(=O)N1CCCCC1)c1ccccc1. The van der Waals surface area contributed by atoms with Crippen LogP contribution in [0.25, 0.3) is 0 Å². The van der Waals surface area contributed by atoms with Crippen molar-refractivity contribution in [2.24, 2.45) is 0 Å². The fourth-order valence-corrected chi connectivity index (χ4v) is 3.63. The van der Waals surface area contributed by atoms with E-state index in [-0.39, 0.29) is 18.4 Å². The maximum atomic E-state index is 12.9. The predicted octanol–water partition coefficient (Wildman–Crippen LogP) is 2.77. The van der Waals surface area contributed by atoms with Crippen LogP contribution in [0.5, 0.6) is 0 Å². The van der Waals surface area contributed by atoms with E-state index in [0.29, 0.717) is 23.5 Å². The maximum Gasteiger partial charge on any atom is 0.326 e. The monoisotopic (exact) mass is 386 g/mol. The molecule has 0 saturated carbocycles. The summed E-state index contributed by atoms with van der Waals surface area (Å²) in [6, 6.07) is 12.4. The average Bonchev–Trinajstić information content (AvgIpc) is 3.26. The van der Waals surface area contributed by atoms with Crippen molar-refractivity contribution in [1.29, 1.82) is 0 Å². The number of rotatable bonds is 6. The van der Waals surface area contributed by atoms with Crippen LogP contribution in [0.4, 0.5) is 0 Å². The van der Waals surface area contributed by atoms with E-state index < -0.39 is 12.1 Å². The van der Waals surface area contributed by atoms with Gasteiger partial charge in [0.05, 0.1) is 4.88 Å². The van der Waals surface area contributed by atoms with E-state index in [1.165, 1.54) is 11.3 Å². The van der Waals surface area contributed by atoms with Gasteiger partial charge >= 0.3 is 5.97 Å². The van der Waals surface area contributed by atoms with Gasteiger partial charge in [-0.25, -0.2) is 0 Å². The van der Waals surface area contributed by atoms with E-state index >= 15 is 0 Å². The molecule has 0 bridgehead atoms. The highest BCUT2D eigenvalue weighted by atomic mass is 32.1. The predicted molar refractivity (Wildman–Crippen MR) is 102 cm³/mol. The van der Waals surface area contributed by atoms with Crippen LogP contribution >= 0.6 is 11.3 Å². The lowest BCUT2D eigenvalue weighted by molar-refractivity contribution is -0.160. The van der Waals surface area contributed by atoms with Crippen molar-refractivity contribution in [3.05, 3.63) is 58.3 Å². The summed E-state index contributed by atoms with van der Waals surface area (Å²) < 4.78 is 5.48. The number of likely N-dealkylation sites (tertiary alicyclic amines) is 1. The van der Waals surface area contributed by atoms with E-state index in [4.69, 9.17) is 4.74 Å². The minimum Gasteiger partial charge on any atom is -0.446 e. The van der Waals surface area contributed by atoms with Crippen LogP contribution in [0.1, 0.15) is 40.6 Å². The van der Waals surface area contributed by atoms with Gasteiger partial charge in [-0.05, 0) is 30.7 Å². The third-order valence-corrected chi connectivity index (χ3v) is 5.25. The maximum absolute atomic E-state index is 12.9. The first kappa shape index (κ1) is 19.1. The Balaban J connectivity index is 1.64. The Morgan fingerprint density at radius 2 is 1.78 bits per heavy atom. The van der Waals surface area contributed by atoms with E-state index in [0.717, 1.165) is 19.3 Å². The lowest BCUT2D eigenvalue weighted by Gasteiger charge is -2.30. The summed E-state index contributed by atoms with van der Waals surface area (Å²) in [6.45, 7) is 1.07. The molecule has 1 aliphatic heterocycles. The smallest absolute Gasteiger partial charge is 0.326 e. The summed E-state index contributed by atoms with van der Waals surface area (Å²) >= 11 is 1.29. The fraction of sp³-hybridized carbons (Fsp3) is 0.350. The van der Waals surface area contributed by atoms with Gasteiger partial charge in [0.2, 0.25) is 6.10 Å². The van der Waals surface area contributed by atoms with Crippen molar-refractivity contribution in [3.8, 4) is 0 Å². The minimum atomic E-state index is -0.990. The fourth-order valence-electron chi connectivity index (χ4n) is 2.99. The van der Waals surface area contributed by atoms with Crippen molar-refractivity contribution >= 4 is 29.1 Å². The second-order valence-electron chi connectivity index (χ2n) is 6.33. The Bertz CT molecular complexity index is 771. The molecule has 1 saturated heterocycles. The molecule has 0 radical (unpaired) electrons. The minimum absolute atomic E-state index is 0.209. The standard InChI is InChI=1S/C20H22N2O4S/c23-17(14-21-19(24)16-10-7-13-27-16)26-18(15-8-3-1-4-9-15)20(25)22-11-5-2-6-12-22/h1,3-4,7-10,13,18H,2,5-6,11-12,14H2,(H,21,24)/t18-/m1/s1. The van der Waals surface area contributed by atoms with Gasteiger partial charge in [-0.15, -0.1) is 11.3 Å². The molecule has 1 aliphatic rings. The second kappa shape index (κ2) is 9.32. The molecule has 1 atom stereocenters. The Kier molecular flexibility index (Phi) is 6.59. The average molecular weight is 386 g/mol. The van der Waals surface area contributed by atoms with Gasteiger partial charge in [-0.3, -0.25) is 14.4 Å². The molecule has 3 rings (SSSR count). The number of amides is 2. The number of carbonyl (C=O) groups excluding carboxylic acids is 3. The van der Waals surface area contributed by atoms with Crippen molar-refractivity contribution < 1.29 is 19.1 Å². The zero-order valence-electron chi connectivity index (χ0n) is 14.9. The molecule has 27 heavy (non-hydrogen) atoms. The molecule has 0 unspecified atom stereocenters. The second-order valence-corrected chi connectivity index (χ2v) is 7.27. The molecule has 1 N–H and O–H groups in total. The van der Waals surface area contributed by atoms with Gasteiger partial charge in [-0.1, -0.05) is 36.4 Å². The normalized spacial score (nSPS) is 15.0. The first-order chi connectivity index (χ1) is 13.1. The molecular formula is C20H22N2O4S. The van der Waals surface area contributed by atoms with Crippen LogP contribution < -0.4 is 5.32 Å². The molecule has 142 valence electrons. The van der Waals surface area contributed by atoms with Gasteiger partial charge in [0.1, 0.15) is 6.54 Å². The lowest BCUT2D eigenvalue weighted by atomic mass is 10.1. The number of nitrogens with zero attached hydrogens (tertiary/aromatic N) is 1.